The summed E-state index contributed by atoms with van der Waals surface area (Å²) in [4.78, 5) is 48.3. The van der Waals surface area contributed by atoms with Crippen LogP contribution in [0, 0.1) is 25.7 Å². The molecule has 9 nitrogen and oxygen atoms in total. The molecule has 10 heteroatoms. The summed E-state index contributed by atoms with van der Waals surface area (Å²) in [7, 11) is 0. The molecule has 240 valence electrons. The number of nitrogens with zero attached hydrogens (tertiary/aromatic N) is 3. The average Bonchev–Trinajstić information content (AvgIpc) is 3.62. The van der Waals surface area contributed by atoms with Gasteiger partial charge in [0.15, 0.2) is 0 Å². The van der Waals surface area contributed by atoms with Gasteiger partial charge in [0.25, 0.3) is 5.91 Å². The van der Waals surface area contributed by atoms with E-state index in [0.717, 1.165) is 16.8 Å². The number of carbonyl (C=O) groups is 3. The fourth-order valence-electron chi connectivity index (χ4n) is 7.29. The molecule has 3 amide bonds. The van der Waals surface area contributed by atoms with Crippen LogP contribution in [-0.4, -0.2) is 83.2 Å². The van der Waals surface area contributed by atoms with Gasteiger partial charge in [-0.15, -0.1) is 13.2 Å². The normalized spacial score (nSPS) is 26.5. The molecular formula is C35H42BrN3O6. The highest BCUT2D eigenvalue weighted by molar-refractivity contribution is 9.09. The van der Waals surface area contributed by atoms with Crippen LogP contribution in [0.1, 0.15) is 30.9 Å². The van der Waals surface area contributed by atoms with Crippen LogP contribution >= 0.6 is 15.9 Å². The standard InChI is InChI=1S/C35H42BrN3O6/c1-6-16-37(24-12-14-25(15-13-24)44-8-3)32(41)28-29-33(42)39(18-9-19-40)31(35(29)21-26(36)30(28)45-35)34(43)38(17-7-2)27-20-22(4)10-11-23(27)5/h6-7,10-15,20,26,28-31,40H,1-2,8-9,16-19,21H2,3-5H3/t26?,28-,29-,30-,31?,35?/m0/s1. The number of aliphatic hydroxyl groups is 1. The van der Waals surface area contributed by atoms with E-state index in [2.05, 4.69) is 29.1 Å². The van der Waals surface area contributed by atoms with Crippen LogP contribution in [0.25, 0.3) is 0 Å². The van der Waals surface area contributed by atoms with Crippen LogP contribution in [-0.2, 0) is 19.1 Å². The smallest absolute Gasteiger partial charge is 0.253 e. The number of alkyl halides is 1. The lowest BCUT2D eigenvalue weighted by atomic mass is 9.70. The first-order valence-electron chi connectivity index (χ1n) is 15.5. The number of benzene rings is 2. The van der Waals surface area contributed by atoms with Gasteiger partial charge in [-0.3, -0.25) is 14.4 Å². The van der Waals surface area contributed by atoms with Crippen molar-refractivity contribution in [2.75, 3.05) is 42.6 Å². The van der Waals surface area contributed by atoms with Crippen molar-refractivity contribution in [3.8, 4) is 5.75 Å². The lowest BCUT2D eigenvalue weighted by molar-refractivity contribution is -0.140. The molecule has 0 aromatic heterocycles. The van der Waals surface area contributed by atoms with Crippen molar-refractivity contribution < 1.29 is 29.0 Å². The monoisotopic (exact) mass is 679 g/mol. The van der Waals surface area contributed by atoms with Gasteiger partial charge in [-0.25, -0.2) is 0 Å². The Bertz CT molecular complexity index is 1460. The van der Waals surface area contributed by atoms with E-state index in [1.165, 1.54) is 0 Å². The third-order valence-corrected chi connectivity index (χ3v) is 9.98. The second kappa shape index (κ2) is 13.5. The Balaban J connectivity index is 1.57. The van der Waals surface area contributed by atoms with Crippen molar-refractivity contribution in [1.29, 1.82) is 0 Å². The number of hydrogen-bond acceptors (Lipinski definition) is 6. The van der Waals surface area contributed by atoms with Gasteiger partial charge in [0, 0.05) is 42.4 Å². The Kier molecular flexibility index (Phi) is 9.86. The van der Waals surface area contributed by atoms with E-state index in [1.807, 2.05) is 63.2 Å². The van der Waals surface area contributed by atoms with E-state index in [-0.39, 0.29) is 55.2 Å². The molecule has 45 heavy (non-hydrogen) atoms. The topological polar surface area (TPSA) is 99.6 Å². The number of fused-ring (bicyclic) bond motifs is 1. The first-order valence-corrected chi connectivity index (χ1v) is 16.4. The fourth-order valence-corrected chi connectivity index (χ4v) is 8.23. The van der Waals surface area contributed by atoms with Crippen LogP contribution in [0.3, 0.4) is 0 Å². The first kappa shape index (κ1) is 32.9. The molecule has 0 radical (unpaired) electrons. The number of aliphatic hydroxyl groups excluding tert-OH is 1. The van der Waals surface area contributed by atoms with E-state index in [1.54, 1.807) is 26.9 Å². The van der Waals surface area contributed by atoms with E-state index < -0.39 is 29.6 Å². The molecule has 2 bridgehead atoms. The maximum Gasteiger partial charge on any atom is 0.253 e. The van der Waals surface area contributed by atoms with Gasteiger partial charge in [-0.2, -0.15) is 0 Å². The number of carbonyl (C=O) groups excluding carboxylic acids is 3. The number of likely N-dealkylation sites (tertiary alicyclic amines) is 1. The minimum absolute atomic E-state index is 0.145. The lowest BCUT2D eigenvalue weighted by Gasteiger charge is -2.37. The third kappa shape index (κ3) is 5.72. The van der Waals surface area contributed by atoms with Gasteiger partial charge < -0.3 is 29.3 Å². The molecule has 1 spiro atoms. The van der Waals surface area contributed by atoms with Crippen LogP contribution in [0.5, 0.6) is 5.75 Å². The lowest BCUT2D eigenvalue weighted by Crippen LogP contribution is -2.57. The number of hydrogen-bond donors (Lipinski definition) is 1. The number of aryl methyl sites for hydroxylation is 2. The van der Waals surface area contributed by atoms with E-state index in [4.69, 9.17) is 9.47 Å². The first-order chi connectivity index (χ1) is 21.6. The molecule has 3 aliphatic heterocycles. The molecule has 3 heterocycles. The van der Waals surface area contributed by atoms with Crippen LogP contribution in [0.2, 0.25) is 0 Å². The highest BCUT2D eigenvalue weighted by Crippen LogP contribution is 2.60. The summed E-state index contributed by atoms with van der Waals surface area (Å²) in [6.07, 6.45) is 3.39. The van der Waals surface area contributed by atoms with E-state index >= 15 is 0 Å². The Hall–Kier alpha value is -3.47. The maximum absolute atomic E-state index is 14.8. The molecule has 3 saturated heterocycles. The van der Waals surface area contributed by atoms with Gasteiger partial charge in [0.1, 0.15) is 17.4 Å². The molecule has 1 N–H and O–H groups in total. The Morgan fingerprint density at radius 1 is 1.11 bits per heavy atom. The number of anilines is 2. The van der Waals surface area contributed by atoms with Gasteiger partial charge in [-0.05, 0) is 75.1 Å². The van der Waals surface area contributed by atoms with Gasteiger partial charge in [0.05, 0.1) is 24.5 Å². The maximum atomic E-state index is 14.8. The molecule has 0 saturated carbocycles. The van der Waals surface area contributed by atoms with Gasteiger partial charge >= 0.3 is 0 Å². The molecule has 3 fully saturated rings. The largest absolute Gasteiger partial charge is 0.494 e. The van der Waals surface area contributed by atoms with Crippen molar-refractivity contribution in [3.63, 3.8) is 0 Å². The molecular weight excluding hydrogens is 638 g/mol. The Morgan fingerprint density at radius 2 is 1.80 bits per heavy atom. The van der Waals surface area contributed by atoms with Crippen molar-refractivity contribution in [2.24, 2.45) is 11.8 Å². The summed E-state index contributed by atoms with van der Waals surface area (Å²) in [6, 6.07) is 12.2. The average molecular weight is 681 g/mol. The Morgan fingerprint density at radius 3 is 2.44 bits per heavy atom. The van der Waals surface area contributed by atoms with Gasteiger partial charge in [-0.1, -0.05) is 40.2 Å². The van der Waals surface area contributed by atoms with Crippen molar-refractivity contribution in [1.82, 2.24) is 4.90 Å². The number of ether oxygens (including phenoxy) is 2. The SMILES string of the molecule is C=CCN(C(=O)[C@H]1[C@H]2C(=O)N(CCCO)C(C(=O)N(CC=C)c3cc(C)ccc3C)C23CC(Br)[C@@H]1O3)c1ccc(OCC)cc1. The van der Waals surface area contributed by atoms with Crippen LogP contribution in [0.15, 0.2) is 67.8 Å². The van der Waals surface area contributed by atoms with Gasteiger partial charge in [0.2, 0.25) is 11.8 Å². The summed E-state index contributed by atoms with van der Waals surface area (Å²) in [5.74, 6) is -1.86. The molecule has 2 aromatic carbocycles. The van der Waals surface area contributed by atoms with E-state index in [0.29, 0.717) is 24.5 Å². The summed E-state index contributed by atoms with van der Waals surface area (Å²) in [5, 5.41) is 9.74. The molecule has 6 atom stereocenters. The quantitative estimate of drug-likeness (QED) is 0.246. The minimum Gasteiger partial charge on any atom is -0.494 e. The van der Waals surface area contributed by atoms with Crippen molar-refractivity contribution in [3.05, 3.63) is 78.9 Å². The molecule has 0 aliphatic carbocycles. The highest BCUT2D eigenvalue weighted by Gasteiger charge is 2.77. The second-order valence-corrected chi connectivity index (χ2v) is 13.1. The minimum atomic E-state index is -1.22. The van der Waals surface area contributed by atoms with E-state index in [9.17, 15) is 19.5 Å². The summed E-state index contributed by atoms with van der Waals surface area (Å²) in [6.45, 7) is 14.6. The van der Waals surface area contributed by atoms with Crippen molar-refractivity contribution >= 4 is 45.0 Å². The summed E-state index contributed by atoms with van der Waals surface area (Å²) >= 11 is 3.77. The zero-order valence-electron chi connectivity index (χ0n) is 26.2. The number of halogens is 1. The second-order valence-electron chi connectivity index (χ2n) is 12.0. The predicted octanol–water partition coefficient (Wildman–Crippen LogP) is 4.57. The number of amides is 3. The van der Waals surface area contributed by atoms with Crippen LogP contribution in [0.4, 0.5) is 11.4 Å². The third-order valence-electron chi connectivity index (χ3n) is 9.14. The fraction of sp³-hybridized carbons (Fsp3) is 0.457. The number of rotatable bonds is 13. The molecule has 2 aromatic rings. The highest BCUT2D eigenvalue weighted by atomic mass is 79.9. The Labute approximate surface area is 273 Å². The summed E-state index contributed by atoms with van der Waals surface area (Å²) in [5.41, 5.74) is 2.06. The molecule has 5 rings (SSSR count). The van der Waals surface area contributed by atoms with Crippen LogP contribution < -0.4 is 14.5 Å². The molecule has 3 unspecified atom stereocenters. The zero-order chi connectivity index (χ0) is 32.5. The zero-order valence-corrected chi connectivity index (χ0v) is 27.7. The summed E-state index contributed by atoms with van der Waals surface area (Å²) < 4.78 is 12.3. The van der Waals surface area contributed by atoms with Crippen molar-refractivity contribution in [2.45, 2.75) is 56.2 Å². The molecule has 3 aliphatic rings. The predicted molar refractivity (Wildman–Crippen MR) is 178 cm³/mol.